The fourth-order valence-electron chi connectivity index (χ4n) is 2.11. The first-order valence-electron chi connectivity index (χ1n) is 5.95. The van der Waals surface area contributed by atoms with Gasteiger partial charge in [-0.3, -0.25) is 9.59 Å². The van der Waals surface area contributed by atoms with Gasteiger partial charge in [-0.15, -0.1) is 11.8 Å². The highest BCUT2D eigenvalue weighted by Crippen LogP contribution is 2.42. The van der Waals surface area contributed by atoms with E-state index in [0.29, 0.717) is 10.8 Å². The minimum Gasteiger partial charge on any atom is -0.357 e. The van der Waals surface area contributed by atoms with E-state index in [1.54, 1.807) is 24.9 Å². The van der Waals surface area contributed by atoms with Crippen molar-refractivity contribution in [1.82, 2.24) is 10.2 Å². The second-order valence-corrected chi connectivity index (χ2v) is 5.75. The summed E-state index contributed by atoms with van der Waals surface area (Å²) in [7, 11) is 1.57. The van der Waals surface area contributed by atoms with Gasteiger partial charge >= 0.3 is 0 Å². The van der Waals surface area contributed by atoms with Gasteiger partial charge in [0.2, 0.25) is 11.8 Å². The van der Waals surface area contributed by atoms with Crippen LogP contribution in [0.3, 0.4) is 0 Å². The van der Waals surface area contributed by atoms with Gasteiger partial charge in [0.05, 0.1) is 5.75 Å². The summed E-state index contributed by atoms with van der Waals surface area (Å²) in [6.07, 6.45) is 0. The molecule has 4 nitrogen and oxygen atoms in total. The Morgan fingerprint density at radius 2 is 2.21 bits per heavy atom. The van der Waals surface area contributed by atoms with Gasteiger partial charge in [0, 0.05) is 17.6 Å². The Morgan fingerprint density at radius 3 is 2.84 bits per heavy atom. The molecule has 2 amide bonds. The van der Waals surface area contributed by atoms with Crippen molar-refractivity contribution in [3.8, 4) is 0 Å². The van der Waals surface area contributed by atoms with E-state index in [2.05, 4.69) is 5.32 Å². The summed E-state index contributed by atoms with van der Waals surface area (Å²) in [6, 6.07) is 6.91. The predicted molar refractivity (Wildman–Crippen MR) is 77.0 cm³/mol. The third-order valence-electron chi connectivity index (χ3n) is 3.12. The number of nitrogens with zero attached hydrogens (tertiary/aromatic N) is 1. The van der Waals surface area contributed by atoms with Gasteiger partial charge in [0.1, 0.15) is 11.4 Å². The van der Waals surface area contributed by atoms with Crippen molar-refractivity contribution in [3.63, 3.8) is 0 Å². The molecule has 0 bridgehead atoms. The highest BCUT2D eigenvalue weighted by Gasteiger charge is 2.39. The lowest BCUT2D eigenvalue weighted by Crippen LogP contribution is -2.45. The van der Waals surface area contributed by atoms with Crippen molar-refractivity contribution in [1.29, 1.82) is 0 Å². The number of hydrogen-bond donors (Lipinski definition) is 1. The van der Waals surface area contributed by atoms with Gasteiger partial charge in [-0.25, -0.2) is 0 Å². The topological polar surface area (TPSA) is 49.4 Å². The van der Waals surface area contributed by atoms with E-state index in [-0.39, 0.29) is 17.2 Å². The summed E-state index contributed by atoms with van der Waals surface area (Å²) in [4.78, 5) is 25.4. The van der Waals surface area contributed by atoms with Crippen LogP contribution in [0, 0.1) is 0 Å². The number of thioether (sulfide) groups is 1. The summed E-state index contributed by atoms with van der Waals surface area (Å²) in [5.74, 6) is 0.163. The first-order chi connectivity index (χ1) is 9.06. The Kier molecular flexibility index (Phi) is 4.37. The van der Waals surface area contributed by atoms with Gasteiger partial charge in [0.15, 0.2) is 0 Å². The van der Waals surface area contributed by atoms with E-state index in [9.17, 15) is 9.59 Å². The summed E-state index contributed by atoms with van der Waals surface area (Å²) in [5.41, 5.74) is 0.871. The van der Waals surface area contributed by atoms with Gasteiger partial charge < -0.3 is 10.2 Å². The SMILES string of the molecule is CNC(=O)[C@H](C)N1C(=O)CS[C@@H]1c1ccccc1Cl. The standard InChI is InChI=1S/C13H15ClN2O2S/c1-8(12(18)15-2)16-11(17)7-19-13(16)9-5-3-4-6-10(9)14/h3-6,8,13H,7H2,1-2H3,(H,15,18)/t8-,13+/m0/s1. The van der Waals surface area contributed by atoms with E-state index in [1.165, 1.54) is 11.8 Å². The molecule has 1 saturated heterocycles. The minimum atomic E-state index is -0.506. The molecule has 1 aliphatic rings. The van der Waals surface area contributed by atoms with Gasteiger partial charge in [0.25, 0.3) is 0 Å². The number of likely N-dealkylation sites (N-methyl/N-ethyl adjacent to an activating group) is 1. The quantitative estimate of drug-likeness (QED) is 0.929. The summed E-state index contributed by atoms with van der Waals surface area (Å²) in [6.45, 7) is 1.73. The lowest BCUT2D eigenvalue weighted by Gasteiger charge is -2.29. The van der Waals surface area contributed by atoms with Crippen LogP contribution in [0.5, 0.6) is 0 Å². The van der Waals surface area contributed by atoms with E-state index in [4.69, 9.17) is 11.6 Å². The van der Waals surface area contributed by atoms with Crippen LogP contribution < -0.4 is 5.32 Å². The zero-order valence-electron chi connectivity index (χ0n) is 10.7. The molecule has 1 aromatic carbocycles. The first-order valence-corrected chi connectivity index (χ1v) is 7.37. The molecule has 1 heterocycles. The molecule has 1 aliphatic heterocycles. The van der Waals surface area contributed by atoms with E-state index >= 15 is 0 Å². The van der Waals surface area contributed by atoms with Crippen molar-refractivity contribution in [2.24, 2.45) is 0 Å². The van der Waals surface area contributed by atoms with Crippen molar-refractivity contribution in [2.45, 2.75) is 18.3 Å². The largest absolute Gasteiger partial charge is 0.357 e. The first kappa shape index (κ1) is 14.2. The van der Waals surface area contributed by atoms with Crippen LogP contribution in [0.1, 0.15) is 17.9 Å². The number of carbonyl (C=O) groups is 2. The van der Waals surface area contributed by atoms with Crippen molar-refractivity contribution >= 4 is 35.2 Å². The second kappa shape index (κ2) is 5.84. The van der Waals surface area contributed by atoms with Crippen LogP contribution in [0.2, 0.25) is 5.02 Å². The molecule has 0 aromatic heterocycles. The number of benzene rings is 1. The molecule has 1 fully saturated rings. The summed E-state index contributed by atoms with van der Waals surface area (Å²) < 4.78 is 0. The third-order valence-corrected chi connectivity index (χ3v) is 4.67. The van der Waals surface area contributed by atoms with Crippen LogP contribution in [0.25, 0.3) is 0 Å². The number of amides is 2. The molecule has 0 aliphatic carbocycles. The molecule has 6 heteroatoms. The maximum atomic E-state index is 12.0. The zero-order chi connectivity index (χ0) is 14.0. The Labute approximate surface area is 121 Å². The molecule has 1 N–H and O–H groups in total. The molecular formula is C13H15ClN2O2S. The molecule has 102 valence electrons. The molecule has 19 heavy (non-hydrogen) atoms. The lowest BCUT2D eigenvalue weighted by atomic mass is 10.1. The average Bonchev–Trinajstić information content (AvgIpc) is 2.79. The Morgan fingerprint density at radius 1 is 1.53 bits per heavy atom. The minimum absolute atomic E-state index is 0.0361. The molecule has 2 atom stereocenters. The van der Waals surface area contributed by atoms with Gasteiger partial charge in [-0.1, -0.05) is 29.8 Å². The lowest BCUT2D eigenvalue weighted by molar-refractivity contribution is -0.137. The van der Waals surface area contributed by atoms with Crippen LogP contribution in [0.4, 0.5) is 0 Å². The van der Waals surface area contributed by atoms with E-state index in [1.807, 2.05) is 18.2 Å². The smallest absolute Gasteiger partial charge is 0.242 e. The molecule has 0 unspecified atom stereocenters. The third kappa shape index (κ3) is 2.72. The zero-order valence-corrected chi connectivity index (χ0v) is 12.3. The normalized spacial score (nSPS) is 20.5. The molecule has 0 radical (unpaired) electrons. The van der Waals surface area contributed by atoms with Crippen molar-refractivity contribution in [3.05, 3.63) is 34.9 Å². The number of carbonyl (C=O) groups excluding carboxylic acids is 2. The van der Waals surface area contributed by atoms with E-state index in [0.717, 1.165) is 5.56 Å². The maximum absolute atomic E-state index is 12.0. The molecular weight excluding hydrogens is 284 g/mol. The molecule has 2 rings (SSSR count). The monoisotopic (exact) mass is 298 g/mol. The molecule has 1 aromatic rings. The Hall–Kier alpha value is -1.20. The molecule has 0 saturated carbocycles. The van der Waals surface area contributed by atoms with Crippen LogP contribution in [-0.2, 0) is 9.59 Å². The highest BCUT2D eigenvalue weighted by molar-refractivity contribution is 8.00. The highest BCUT2D eigenvalue weighted by atomic mass is 35.5. The average molecular weight is 299 g/mol. The second-order valence-electron chi connectivity index (χ2n) is 4.28. The Balaban J connectivity index is 2.32. The van der Waals surface area contributed by atoms with E-state index < -0.39 is 6.04 Å². The van der Waals surface area contributed by atoms with Crippen LogP contribution in [0.15, 0.2) is 24.3 Å². The molecule has 0 spiro atoms. The van der Waals surface area contributed by atoms with Crippen LogP contribution in [-0.4, -0.2) is 35.6 Å². The summed E-state index contributed by atoms with van der Waals surface area (Å²) in [5, 5.41) is 2.99. The number of rotatable bonds is 3. The summed E-state index contributed by atoms with van der Waals surface area (Å²) >= 11 is 7.68. The Bertz CT molecular complexity index is 509. The number of nitrogens with one attached hydrogen (secondary N) is 1. The van der Waals surface area contributed by atoms with Crippen molar-refractivity contribution < 1.29 is 9.59 Å². The van der Waals surface area contributed by atoms with Gasteiger partial charge in [-0.2, -0.15) is 0 Å². The fourth-order valence-corrected chi connectivity index (χ4v) is 3.70. The number of halogens is 1. The van der Waals surface area contributed by atoms with Crippen molar-refractivity contribution in [2.75, 3.05) is 12.8 Å². The predicted octanol–water partition coefficient (Wildman–Crippen LogP) is 2.05. The fraction of sp³-hybridized carbons (Fsp3) is 0.385. The van der Waals surface area contributed by atoms with Gasteiger partial charge in [-0.05, 0) is 13.0 Å². The number of hydrogen-bond acceptors (Lipinski definition) is 3. The maximum Gasteiger partial charge on any atom is 0.242 e. The van der Waals surface area contributed by atoms with Crippen LogP contribution >= 0.6 is 23.4 Å².